The molecule has 0 amide bonds. The molecule has 0 spiro atoms. The number of methoxy groups -OCH3 is 1. The molecule has 0 aliphatic carbocycles. The van der Waals surface area contributed by atoms with Crippen molar-refractivity contribution in [3.8, 4) is 5.75 Å². The number of benzene rings is 1. The van der Waals surface area contributed by atoms with Gasteiger partial charge in [0, 0.05) is 6.08 Å². The van der Waals surface area contributed by atoms with Crippen LogP contribution < -0.4 is 4.74 Å². The Morgan fingerprint density at radius 3 is 2.45 bits per heavy atom. The van der Waals surface area contributed by atoms with E-state index in [1.165, 1.54) is 19.3 Å². The molecule has 0 radical (unpaired) electrons. The van der Waals surface area contributed by atoms with E-state index in [4.69, 9.17) is 14.2 Å². The molecule has 0 saturated carbocycles. The fourth-order valence-electron chi connectivity index (χ4n) is 1.67. The third kappa shape index (κ3) is 5.60. The molecule has 1 rings (SSSR count). The molecule has 0 N–H and O–H groups in total. The third-order valence-electron chi connectivity index (χ3n) is 2.56. The molecule has 1 aromatic carbocycles. The van der Waals surface area contributed by atoms with Crippen LogP contribution in [0.4, 0.5) is 0 Å². The Bertz CT molecular complexity index is 567. The van der Waals surface area contributed by atoms with Crippen molar-refractivity contribution in [1.82, 2.24) is 0 Å². The number of hydrogen-bond acceptors (Lipinski definition) is 5. The second-order valence-electron chi connectivity index (χ2n) is 5.54. The summed E-state index contributed by atoms with van der Waals surface area (Å²) in [5.74, 6) is -0.405. The van der Waals surface area contributed by atoms with E-state index in [-0.39, 0.29) is 0 Å². The Morgan fingerprint density at radius 1 is 1.23 bits per heavy atom. The molecule has 120 valence electrons. The van der Waals surface area contributed by atoms with Crippen molar-refractivity contribution in [3.05, 3.63) is 35.4 Å². The lowest BCUT2D eigenvalue weighted by atomic mass is 10.1. The SMILES string of the molecule is CCOC(=O)C=Cc1ccc(OC)cc1C(=O)OC(C)(C)C. The van der Waals surface area contributed by atoms with E-state index in [0.717, 1.165) is 0 Å². The third-order valence-corrected chi connectivity index (χ3v) is 2.56. The highest BCUT2D eigenvalue weighted by Gasteiger charge is 2.20. The zero-order valence-electron chi connectivity index (χ0n) is 13.6. The van der Waals surface area contributed by atoms with Gasteiger partial charge in [-0.25, -0.2) is 9.59 Å². The Kier molecular flexibility index (Phi) is 6.16. The lowest BCUT2D eigenvalue weighted by Crippen LogP contribution is -2.24. The number of rotatable bonds is 5. The fraction of sp³-hybridized carbons (Fsp3) is 0.412. The number of ether oxygens (including phenoxy) is 3. The van der Waals surface area contributed by atoms with Gasteiger partial charge in [-0.1, -0.05) is 6.07 Å². The molecule has 0 bridgehead atoms. The minimum Gasteiger partial charge on any atom is -0.497 e. The van der Waals surface area contributed by atoms with Gasteiger partial charge >= 0.3 is 11.9 Å². The molecule has 0 aliphatic heterocycles. The molecule has 1 aromatic rings. The summed E-state index contributed by atoms with van der Waals surface area (Å²) in [5.41, 5.74) is 0.278. The molecule has 22 heavy (non-hydrogen) atoms. The summed E-state index contributed by atoms with van der Waals surface area (Å²) >= 11 is 0. The monoisotopic (exact) mass is 306 g/mol. The first-order valence-electron chi connectivity index (χ1n) is 7.03. The van der Waals surface area contributed by atoms with Crippen molar-refractivity contribution in [3.63, 3.8) is 0 Å². The summed E-state index contributed by atoms with van der Waals surface area (Å²) in [6.45, 7) is 7.40. The molecule has 0 fully saturated rings. The summed E-state index contributed by atoms with van der Waals surface area (Å²) in [7, 11) is 1.52. The quantitative estimate of drug-likeness (QED) is 0.617. The van der Waals surface area contributed by atoms with Crippen LogP contribution >= 0.6 is 0 Å². The van der Waals surface area contributed by atoms with Gasteiger partial charge in [-0.05, 0) is 51.5 Å². The van der Waals surface area contributed by atoms with Gasteiger partial charge in [-0.3, -0.25) is 0 Å². The smallest absolute Gasteiger partial charge is 0.339 e. The molecule has 0 aliphatic rings. The highest BCUT2D eigenvalue weighted by Crippen LogP contribution is 2.22. The molecular weight excluding hydrogens is 284 g/mol. The maximum Gasteiger partial charge on any atom is 0.339 e. The van der Waals surface area contributed by atoms with E-state index in [1.54, 1.807) is 45.9 Å². The predicted octanol–water partition coefficient (Wildman–Crippen LogP) is 3.23. The van der Waals surface area contributed by atoms with Crippen LogP contribution in [-0.2, 0) is 14.3 Å². The molecular formula is C17H22O5. The van der Waals surface area contributed by atoms with Crippen molar-refractivity contribution >= 4 is 18.0 Å². The summed E-state index contributed by atoms with van der Waals surface area (Å²) in [6, 6.07) is 4.98. The van der Waals surface area contributed by atoms with Crippen molar-refractivity contribution in [1.29, 1.82) is 0 Å². The fourth-order valence-corrected chi connectivity index (χ4v) is 1.67. The van der Waals surface area contributed by atoms with Crippen molar-refractivity contribution in [2.45, 2.75) is 33.3 Å². The number of hydrogen-bond donors (Lipinski definition) is 0. The molecule has 0 heterocycles. The van der Waals surface area contributed by atoms with Gasteiger partial charge in [-0.2, -0.15) is 0 Å². The first-order valence-corrected chi connectivity index (χ1v) is 7.03. The van der Waals surface area contributed by atoms with Crippen LogP contribution in [-0.4, -0.2) is 31.3 Å². The number of esters is 2. The van der Waals surface area contributed by atoms with E-state index >= 15 is 0 Å². The van der Waals surface area contributed by atoms with Crippen LogP contribution in [0.15, 0.2) is 24.3 Å². The van der Waals surface area contributed by atoms with Crippen molar-refractivity contribution in [2.75, 3.05) is 13.7 Å². The molecule has 5 nitrogen and oxygen atoms in total. The average molecular weight is 306 g/mol. The van der Waals surface area contributed by atoms with E-state index in [0.29, 0.717) is 23.5 Å². The minimum atomic E-state index is -0.609. The van der Waals surface area contributed by atoms with Gasteiger partial charge in [-0.15, -0.1) is 0 Å². The molecule has 0 aromatic heterocycles. The van der Waals surface area contributed by atoms with Gasteiger partial charge in [0.15, 0.2) is 0 Å². The van der Waals surface area contributed by atoms with Gasteiger partial charge in [0.05, 0.1) is 19.3 Å². The van der Waals surface area contributed by atoms with Gasteiger partial charge < -0.3 is 14.2 Å². The number of carbonyl (C=O) groups excluding carboxylic acids is 2. The maximum absolute atomic E-state index is 12.3. The van der Waals surface area contributed by atoms with E-state index in [9.17, 15) is 9.59 Å². The summed E-state index contributed by atoms with van der Waals surface area (Å²) in [5, 5.41) is 0. The van der Waals surface area contributed by atoms with E-state index in [1.807, 2.05) is 0 Å². The molecule has 0 saturated heterocycles. The first-order chi connectivity index (χ1) is 10.3. The highest BCUT2D eigenvalue weighted by atomic mass is 16.6. The Morgan fingerprint density at radius 2 is 1.91 bits per heavy atom. The Hall–Kier alpha value is -2.30. The topological polar surface area (TPSA) is 61.8 Å². The van der Waals surface area contributed by atoms with Crippen LogP contribution in [0.3, 0.4) is 0 Å². The summed E-state index contributed by atoms with van der Waals surface area (Å²) < 4.78 is 15.3. The lowest BCUT2D eigenvalue weighted by Gasteiger charge is -2.20. The standard InChI is InChI=1S/C17H22O5/c1-6-21-15(18)10-8-12-7-9-13(20-5)11-14(12)16(19)22-17(2,3)4/h7-11H,6H2,1-5H3. The van der Waals surface area contributed by atoms with Gasteiger partial charge in [0.1, 0.15) is 11.4 Å². The lowest BCUT2D eigenvalue weighted by molar-refractivity contribution is -0.137. The zero-order chi connectivity index (χ0) is 16.8. The average Bonchev–Trinajstić information content (AvgIpc) is 2.43. The largest absolute Gasteiger partial charge is 0.497 e. The molecule has 0 atom stereocenters. The normalized spacial score (nSPS) is 11.3. The van der Waals surface area contributed by atoms with Crippen LogP contribution in [0, 0.1) is 0 Å². The minimum absolute atomic E-state index is 0.296. The molecule has 5 heteroatoms. The summed E-state index contributed by atoms with van der Waals surface area (Å²) in [6.07, 6.45) is 2.80. The van der Waals surface area contributed by atoms with Crippen LogP contribution in [0.5, 0.6) is 5.75 Å². The zero-order valence-corrected chi connectivity index (χ0v) is 13.6. The predicted molar refractivity (Wildman–Crippen MR) is 83.8 cm³/mol. The number of carbonyl (C=O) groups is 2. The van der Waals surface area contributed by atoms with Crippen LogP contribution in [0.2, 0.25) is 0 Å². The van der Waals surface area contributed by atoms with Gasteiger partial charge in [0.25, 0.3) is 0 Å². The van der Waals surface area contributed by atoms with Crippen molar-refractivity contribution < 1.29 is 23.8 Å². The van der Waals surface area contributed by atoms with Crippen molar-refractivity contribution in [2.24, 2.45) is 0 Å². The maximum atomic E-state index is 12.3. The van der Waals surface area contributed by atoms with E-state index < -0.39 is 17.5 Å². The second kappa shape index (κ2) is 7.64. The Balaban J connectivity index is 3.11. The molecule has 0 unspecified atom stereocenters. The summed E-state index contributed by atoms with van der Waals surface area (Å²) in [4.78, 5) is 23.7. The second-order valence-corrected chi connectivity index (χ2v) is 5.54. The highest BCUT2D eigenvalue weighted by molar-refractivity contribution is 5.96. The van der Waals surface area contributed by atoms with Crippen LogP contribution in [0.1, 0.15) is 43.6 Å². The van der Waals surface area contributed by atoms with Crippen LogP contribution in [0.25, 0.3) is 6.08 Å². The van der Waals surface area contributed by atoms with Gasteiger partial charge in [0.2, 0.25) is 0 Å². The Labute approximate surface area is 130 Å². The van der Waals surface area contributed by atoms with E-state index in [2.05, 4.69) is 0 Å². The first kappa shape index (κ1) is 17.8.